The van der Waals surface area contributed by atoms with E-state index in [0.29, 0.717) is 5.92 Å². The SMILES string of the molecule is COC(=O)/C=C/c1ccc(Cn2c(C3CC3)nc3c(C)cc(C)nc32)cc1. The van der Waals surface area contributed by atoms with E-state index in [-0.39, 0.29) is 5.97 Å². The maximum Gasteiger partial charge on any atom is 0.330 e. The Morgan fingerprint density at radius 2 is 1.96 bits per heavy atom. The third-order valence-electron chi connectivity index (χ3n) is 4.93. The smallest absolute Gasteiger partial charge is 0.330 e. The highest BCUT2D eigenvalue weighted by Gasteiger charge is 2.30. The molecule has 0 spiro atoms. The van der Waals surface area contributed by atoms with E-state index in [1.807, 2.05) is 19.1 Å². The van der Waals surface area contributed by atoms with Crippen molar-refractivity contribution in [1.82, 2.24) is 14.5 Å². The number of methoxy groups -OCH3 is 1. The zero-order valence-electron chi connectivity index (χ0n) is 15.9. The van der Waals surface area contributed by atoms with Gasteiger partial charge in [-0.3, -0.25) is 0 Å². The summed E-state index contributed by atoms with van der Waals surface area (Å²) in [4.78, 5) is 20.9. The van der Waals surface area contributed by atoms with Crippen molar-refractivity contribution in [3.8, 4) is 0 Å². The van der Waals surface area contributed by atoms with Gasteiger partial charge in [0.2, 0.25) is 0 Å². The van der Waals surface area contributed by atoms with E-state index in [0.717, 1.165) is 34.8 Å². The standard InChI is InChI=1S/C22H23N3O2/c1-14-12-15(2)23-22-20(14)24-21(18-9-10-18)25(22)13-17-6-4-16(5-7-17)8-11-19(26)27-3/h4-8,11-12,18H,9-10,13H2,1-3H3/b11-8+. The zero-order chi connectivity index (χ0) is 19.0. The van der Waals surface area contributed by atoms with E-state index in [4.69, 9.17) is 9.97 Å². The quantitative estimate of drug-likeness (QED) is 0.506. The van der Waals surface area contributed by atoms with E-state index in [1.54, 1.807) is 6.08 Å². The number of nitrogens with zero attached hydrogens (tertiary/aromatic N) is 3. The summed E-state index contributed by atoms with van der Waals surface area (Å²) in [6.07, 6.45) is 5.60. The first-order valence-electron chi connectivity index (χ1n) is 9.24. The lowest BCUT2D eigenvalue weighted by atomic mass is 10.1. The van der Waals surface area contributed by atoms with Crippen LogP contribution in [0.2, 0.25) is 0 Å². The maximum absolute atomic E-state index is 11.2. The molecule has 138 valence electrons. The predicted molar refractivity (Wildman–Crippen MR) is 106 cm³/mol. The Hall–Kier alpha value is -2.95. The lowest BCUT2D eigenvalue weighted by Gasteiger charge is -2.09. The maximum atomic E-state index is 11.2. The first-order valence-corrected chi connectivity index (χ1v) is 9.24. The van der Waals surface area contributed by atoms with Gasteiger partial charge < -0.3 is 9.30 Å². The number of esters is 1. The van der Waals surface area contributed by atoms with Crippen LogP contribution in [0.15, 0.2) is 36.4 Å². The zero-order valence-corrected chi connectivity index (χ0v) is 15.9. The van der Waals surface area contributed by atoms with Crippen molar-refractivity contribution in [3.05, 3.63) is 64.6 Å². The number of carbonyl (C=O) groups excluding carboxylic acids is 1. The van der Waals surface area contributed by atoms with Gasteiger partial charge in [-0.15, -0.1) is 0 Å². The second kappa shape index (κ2) is 6.99. The monoisotopic (exact) mass is 361 g/mol. The van der Waals surface area contributed by atoms with Crippen LogP contribution in [0.4, 0.5) is 0 Å². The Balaban J connectivity index is 1.66. The van der Waals surface area contributed by atoms with Gasteiger partial charge in [0.15, 0.2) is 5.65 Å². The Labute approximate surface area is 158 Å². The summed E-state index contributed by atoms with van der Waals surface area (Å²) in [7, 11) is 1.38. The molecule has 1 aliphatic rings. The number of pyridine rings is 1. The largest absolute Gasteiger partial charge is 0.466 e. The van der Waals surface area contributed by atoms with Crippen molar-refractivity contribution in [2.45, 2.75) is 39.2 Å². The third-order valence-corrected chi connectivity index (χ3v) is 4.93. The molecule has 3 aromatic rings. The highest BCUT2D eigenvalue weighted by Crippen LogP contribution is 2.41. The second-order valence-corrected chi connectivity index (χ2v) is 7.18. The van der Waals surface area contributed by atoms with Gasteiger partial charge in [-0.25, -0.2) is 14.8 Å². The lowest BCUT2D eigenvalue weighted by Crippen LogP contribution is -2.05. The minimum Gasteiger partial charge on any atom is -0.466 e. The molecule has 2 aromatic heterocycles. The molecule has 0 N–H and O–H groups in total. The number of ether oxygens (including phenoxy) is 1. The summed E-state index contributed by atoms with van der Waals surface area (Å²) in [5.41, 5.74) is 6.34. The average Bonchev–Trinajstić information content (AvgIpc) is 3.44. The topological polar surface area (TPSA) is 57.0 Å². The number of hydrogen-bond donors (Lipinski definition) is 0. The molecule has 0 aliphatic heterocycles. The number of aryl methyl sites for hydroxylation is 2. The second-order valence-electron chi connectivity index (χ2n) is 7.18. The van der Waals surface area contributed by atoms with Crippen LogP contribution < -0.4 is 0 Å². The molecule has 5 nitrogen and oxygen atoms in total. The number of rotatable bonds is 5. The van der Waals surface area contributed by atoms with Gasteiger partial charge in [0.05, 0.1) is 13.7 Å². The molecule has 5 heteroatoms. The Morgan fingerprint density at radius 3 is 2.63 bits per heavy atom. The van der Waals surface area contributed by atoms with Crippen molar-refractivity contribution in [2.75, 3.05) is 7.11 Å². The highest BCUT2D eigenvalue weighted by molar-refractivity contribution is 5.86. The highest BCUT2D eigenvalue weighted by atomic mass is 16.5. The van der Waals surface area contributed by atoms with Crippen LogP contribution in [0.5, 0.6) is 0 Å². The van der Waals surface area contributed by atoms with Gasteiger partial charge in [0.25, 0.3) is 0 Å². The fourth-order valence-corrected chi connectivity index (χ4v) is 3.38. The molecule has 1 saturated carbocycles. The van der Waals surface area contributed by atoms with Gasteiger partial charge in [-0.1, -0.05) is 24.3 Å². The van der Waals surface area contributed by atoms with E-state index < -0.39 is 0 Å². The van der Waals surface area contributed by atoms with Crippen molar-refractivity contribution in [1.29, 1.82) is 0 Å². The summed E-state index contributed by atoms with van der Waals surface area (Å²) >= 11 is 0. The van der Waals surface area contributed by atoms with Crippen LogP contribution in [0.1, 0.15) is 47.0 Å². The van der Waals surface area contributed by atoms with Gasteiger partial charge >= 0.3 is 5.97 Å². The number of benzene rings is 1. The molecule has 2 heterocycles. The van der Waals surface area contributed by atoms with Crippen molar-refractivity contribution in [3.63, 3.8) is 0 Å². The fourth-order valence-electron chi connectivity index (χ4n) is 3.38. The van der Waals surface area contributed by atoms with Gasteiger partial charge in [-0.2, -0.15) is 0 Å². The molecule has 27 heavy (non-hydrogen) atoms. The molecule has 0 bridgehead atoms. The van der Waals surface area contributed by atoms with Gasteiger partial charge in [0, 0.05) is 17.7 Å². The van der Waals surface area contributed by atoms with E-state index in [2.05, 4.69) is 34.4 Å². The fraction of sp³-hybridized carbons (Fsp3) is 0.318. The molecule has 0 radical (unpaired) electrons. The predicted octanol–water partition coefficient (Wildman–Crippen LogP) is 4.16. The van der Waals surface area contributed by atoms with E-state index >= 15 is 0 Å². The molecule has 1 fully saturated rings. The lowest BCUT2D eigenvalue weighted by molar-refractivity contribution is -0.134. The minimum absolute atomic E-state index is 0.352. The molecule has 0 atom stereocenters. The summed E-state index contributed by atoms with van der Waals surface area (Å²) < 4.78 is 6.89. The first-order chi connectivity index (χ1) is 13.0. The van der Waals surface area contributed by atoms with Crippen LogP contribution in [0, 0.1) is 13.8 Å². The number of carbonyl (C=O) groups is 1. The Bertz CT molecular complexity index is 1030. The molecule has 0 unspecified atom stereocenters. The first kappa shape index (κ1) is 17.5. The van der Waals surface area contributed by atoms with Crippen LogP contribution >= 0.6 is 0 Å². The van der Waals surface area contributed by atoms with Crippen LogP contribution in [-0.2, 0) is 16.1 Å². The van der Waals surface area contributed by atoms with Gasteiger partial charge in [-0.05, 0) is 55.5 Å². The summed E-state index contributed by atoms with van der Waals surface area (Å²) in [5, 5.41) is 0. The molecule has 0 amide bonds. The number of imidazole rings is 1. The normalized spacial score (nSPS) is 14.2. The molecule has 0 saturated heterocycles. The molecular weight excluding hydrogens is 338 g/mol. The van der Waals surface area contributed by atoms with E-state index in [9.17, 15) is 4.79 Å². The number of aromatic nitrogens is 3. The number of fused-ring (bicyclic) bond motifs is 1. The third kappa shape index (κ3) is 3.63. The molecule has 1 aliphatic carbocycles. The van der Waals surface area contributed by atoms with Gasteiger partial charge in [0.1, 0.15) is 11.3 Å². The van der Waals surface area contributed by atoms with E-state index in [1.165, 1.54) is 37.2 Å². The van der Waals surface area contributed by atoms with Crippen LogP contribution in [0.3, 0.4) is 0 Å². The van der Waals surface area contributed by atoms with Crippen molar-refractivity contribution in [2.24, 2.45) is 0 Å². The molecule has 4 rings (SSSR count). The van der Waals surface area contributed by atoms with Crippen LogP contribution in [-0.4, -0.2) is 27.6 Å². The summed E-state index contributed by atoms with van der Waals surface area (Å²) in [6.45, 7) is 4.88. The Morgan fingerprint density at radius 1 is 1.22 bits per heavy atom. The van der Waals surface area contributed by atoms with Crippen molar-refractivity contribution < 1.29 is 9.53 Å². The minimum atomic E-state index is -0.352. The average molecular weight is 361 g/mol. The Kier molecular flexibility index (Phi) is 4.52. The summed E-state index contributed by atoms with van der Waals surface area (Å²) in [6, 6.07) is 10.3. The summed E-state index contributed by atoms with van der Waals surface area (Å²) in [5.74, 6) is 1.36. The van der Waals surface area contributed by atoms with Crippen LogP contribution in [0.25, 0.3) is 17.2 Å². The van der Waals surface area contributed by atoms with Crippen molar-refractivity contribution >= 4 is 23.2 Å². The number of hydrogen-bond acceptors (Lipinski definition) is 4. The molecular formula is C22H23N3O2. The molecule has 1 aromatic carbocycles.